The molecule has 0 spiro atoms. The van der Waals surface area contributed by atoms with E-state index in [9.17, 15) is 18.0 Å². The fourth-order valence-corrected chi connectivity index (χ4v) is 3.27. The van der Waals surface area contributed by atoms with E-state index in [0.29, 0.717) is 24.9 Å². The molecule has 3 rings (SSSR count). The van der Waals surface area contributed by atoms with Crippen LogP contribution in [0.2, 0.25) is 0 Å². The molecule has 1 N–H and O–H groups in total. The quantitative estimate of drug-likeness (QED) is 0.640. The summed E-state index contributed by atoms with van der Waals surface area (Å²) in [5.41, 5.74) is 0.177. The van der Waals surface area contributed by atoms with Crippen molar-refractivity contribution in [2.45, 2.75) is 25.8 Å². The predicted molar refractivity (Wildman–Crippen MR) is 93.6 cm³/mol. The van der Waals surface area contributed by atoms with Crippen molar-refractivity contribution in [1.82, 2.24) is 20.1 Å². The lowest BCUT2D eigenvalue weighted by Gasteiger charge is -2.32. The van der Waals surface area contributed by atoms with Crippen LogP contribution in [0.25, 0.3) is 0 Å². The van der Waals surface area contributed by atoms with Gasteiger partial charge in [0.25, 0.3) is 0 Å². The first-order chi connectivity index (χ1) is 12.8. The number of carbonyl (C=O) groups excluding carboxylic acids is 1. The maximum atomic E-state index is 14.3. The number of hydrogen-bond acceptors (Lipinski definition) is 4. The van der Waals surface area contributed by atoms with Crippen LogP contribution in [-0.4, -0.2) is 33.8 Å². The first-order valence-corrected chi connectivity index (χ1v) is 8.53. The Morgan fingerprint density at radius 1 is 1.37 bits per heavy atom. The van der Waals surface area contributed by atoms with Gasteiger partial charge in [0.05, 0.1) is 11.7 Å². The van der Waals surface area contributed by atoms with E-state index in [1.54, 1.807) is 18.5 Å². The standard InChI is InChI=1S/C18H20F3N5O/c1-10(18(27)23-11(2)17-24-22-9-25(17)3)8-26-6-4-5-12-15(21)13(19)7-14(20)16(12)26/h7,9,11H,1,4-6,8H2,2-3H3,(H,23,27). The summed E-state index contributed by atoms with van der Waals surface area (Å²) in [4.78, 5) is 13.9. The average Bonchev–Trinajstić information content (AvgIpc) is 3.05. The zero-order chi connectivity index (χ0) is 19.7. The van der Waals surface area contributed by atoms with E-state index in [1.165, 1.54) is 11.2 Å². The van der Waals surface area contributed by atoms with Gasteiger partial charge in [-0.05, 0) is 19.8 Å². The van der Waals surface area contributed by atoms with Crippen LogP contribution in [0.5, 0.6) is 0 Å². The largest absolute Gasteiger partial charge is 0.364 e. The number of halogens is 3. The highest BCUT2D eigenvalue weighted by Crippen LogP contribution is 2.33. The Morgan fingerprint density at radius 3 is 2.78 bits per heavy atom. The van der Waals surface area contributed by atoms with Crippen LogP contribution in [0.4, 0.5) is 18.9 Å². The number of nitrogens with one attached hydrogen (secondary N) is 1. The summed E-state index contributed by atoms with van der Waals surface area (Å²) in [6.07, 6.45) is 2.29. The maximum absolute atomic E-state index is 14.3. The molecule has 1 unspecified atom stereocenters. The number of hydrogen-bond donors (Lipinski definition) is 1. The van der Waals surface area contributed by atoms with Crippen molar-refractivity contribution in [1.29, 1.82) is 0 Å². The van der Waals surface area contributed by atoms with E-state index in [2.05, 4.69) is 22.1 Å². The summed E-state index contributed by atoms with van der Waals surface area (Å²) in [5, 5.41) is 10.5. The average molecular weight is 379 g/mol. The lowest BCUT2D eigenvalue weighted by Crippen LogP contribution is -2.37. The minimum atomic E-state index is -1.21. The molecule has 0 saturated heterocycles. The summed E-state index contributed by atoms with van der Waals surface area (Å²) < 4.78 is 43.4. The van der Waals surface area contributed by atoms with E-state index in [1.807, 2.05) is 0 Å². The lowest BCUT2D eigenvalue weighted by atomic mass is 9.99. The molecule has 1 amide bonds. The molecule has 1 atom stereocenters. The van der Waals surface area contributed by atoms with Crippen molar-refractivity contribution in [3.63, 3.8) is 0 Å². The van der Waals surface area contributed by atoms with Gasteiger partial charge in [-0.3, -0.25) is 4.79 Å². The van der Waals surface area contributed by atoms with Crippen molar-refractivity contribution in [3.05, 3.63) is 53.4 Å². The van der Waals surface area contributed by atoms with E-state index in [4.69, 9.17) is 0 Å². The van der Waals surface area contributed by atoms with Crippen molar-refractivity contribution in [3.8, 4) is 0 Å². The SMILES string of the molecule is C=C(CN1CCCc2c(F)c(F)cc(F)c21)C(=O)NC(C)c1nncn1C. The Kier molecular flexibility index (Phi) is 5.20. The molecular weight excluding hydrogens is 359 g/mol. The summed E-state index contributed by atoms with van der Waals surface area (Å²) >= 11 is 0. The monoisotopic (exact) mass is 379 g/mol. The Morgan fingerprint density at radius 2 is 2.11 bits per heavy atom. The molecule has 0 aliphatic carbocycles. The molecule has 0 bridgehead atoms. The molecule has 144 valence electrons. The second-order valence-corrected chi connectivity index (χ2v) is 6.61. The lowest BCUT2D eigenvalue weighted by molar-refractivity contribution is -0.118. The first-order valence-electron chi connectivity index (χ1n) is 8.53. The van der Waals surface area contributed by atoms with Crippen LogP contribution < -0.4 is 10.2 Å². The molecule has 0 radical (unpaired) electrons. The smallest absolute Gasteiger partial charge is 0.248 e. The molecule has 1 aromatic heterocycles. The third kappa shape index (κ3) is 3.67. The molecule has 27 heavy (non-hydrogen) atoms. The second kappa shape index (κ2) is 7.42. The number of aromatic nitrogens is 3. The van der Waals surface area contributed by atoms with E-state index in [0.717, 1.165) is 0 Å². The maximum Gasteiger partial charge on any atom is 0.248 e. The van der Waals surface area contributed by atoms with Crippen LogP contribution in [0, 0.1) is 17.5 Å². The molecule has 1 aromatic carbocycles. The van der Waals surface area contributed by atoms with E-state index in [-0.39, 0.29) is 29.8 Å². The number of aryl methyl sites for hydroxylation is 1. The minimum Gasteiger partial charge on any atom is -0.364 e. The third-order valence-corrected chi connectivity index (χ3v) is 4.60. The molecule has 2 aromatic rings. The highest BCUT2D eigenvalue weighted by molar-refractivity contribution is 5.94. The number of rotatable bonds is 5. The van der Waals surface area contributed by atoms with Gasteiger partial charge >= 0.3 is 0 Å². The molecule has 1 aliphatic rings. The van der Waals surface area contributed by atoms with Gasteiger partial charge in [0, 0.05) is 37.3 Å². The van der Waals surface area contributed by atoms with E-state index < -0.39 is 29.4 Å². The minimum absolute atomic E-state index is 0.000545. The summed E-state index contributed by atoms with van der Waals surface area (Å²) in [6, 6.07) is 0.129. The number of carbonyl (C=O) groups is 1. The summed E-state index contributed by atoms with van der Waals surface area (Å²) in [5.74, 6) is -2.95. The molecular formula is C18H20F3N5O. The van der Waals surface area contributed by atoms with Crippen LogP contribution in [0.1, 0.15) is 30.8 Å². The molecule has 1 aliphatic heterocycles. The fourth-order valence-electron chi connectivity index (χ4n) is 3.27. The highest BCUT2D eigenvalue weighted by Gasteiger charge is 2.28. The Bertz CT molecular complexity index is 895. The molecule has 2 heterocycles. The Balaban J connectivity index is 1.73. The summed E-state index contributed by atoms with van der Waals surface area (Å²) in [7, 11) is 1.76. The zero-order valence-electron chi connectivity index (χ0n) is 15.1. The van der Waals surface area contributed by atoms with Gasteiger partial charge in [-0.25, -0.2) is 13.2 Å². The van der Waals surface area contributed by atoms with Gasteiger partial charge in [0.15, 0.2) is 17.5 Å². The van der Waals surface area contributed by atoms with Gasteiger partial charge < -0.3 is 14.8 Å². The molecule has 6 nitrogen and oxygen atoms in total. The molecule has 0 fully saturated rings. The molecule has 9 heteroatoms. The van der Waals surface area contributed by atoms with Gasteiger partial charge in [-0.15, -0.1) is 10.2 Å². The second-order valence-electron chi connectivity index (χ2n) is 6.61. The van der Waals surface area contributed by atoms with Crippen molar-refractivity contribution in [2.24, 2.45) is 7.05 Å². The fraction of sp³-hybridized carbons (Fsp3) is 0.389. The van der Waals surface area contributed by atoms with Gasteiger partial charge in [0.1, 0.15) is 12.1 Å². The highest BCUT2D eigenvalue weighted by atomic mass is 19.2. The number of fused-ring (bicyclic) bond motifs is 1. The topological polar surface area (TPSA) is 63.1 Å². The van der Waals surface area contributed by atoms with Gasteiger partial charge in [0.2, 0.25) is 5.91 Å². The van der Waals surface area contributed by atoms with Crippen molar-refractivity contribution >= 4 is 11.6 Å². The van der Waals surface area contributed by atoms with Crippen molar-refractivity contribution in [2.75, 3.05) is 18.0 Å². The summed E-state index contributed by atoms with van der Waals surface area (Å²) in [6.45, 7) is 5.94. The number of anilines is 1. The van der Waals surface area contributed by atoms with E-state index >= 15 is 0 Å². The van der Waals surface area contributed by atoms with Crippen LogP contribution >= 0.6 is 0 Å². The van der Waals surface area contributed by atoms with Gasteiger partial charge in [-0.1, -0.05) is 6.58 Å². The number of amides is 1. The normalized spacial score (nSPS) is 14.6. The van der Waals surface area contributed by atoms with Crippen molar-refractivity contribution < 1.29 is 18.0 Å². The van der Waals surface area contributed by atoms with Crippen LogP contribution in [0.3, 0.4) is 0 Å². The first kappa shape index (κ1) is 18.9. The third-order valence-electron chi connectivity index (χ3n) is 4.60. The Hall–Kier alpha value is -2.84. The number of benzene rings is 1. The van der Waals surface area contributed by atoms with Crippen LogP contribution in [0.15, 0.2) is 24.5 Å². The zero-order valence-corrected chi connectivity index (χ0v) is 15.1. The predicted octanol–water partition coefficient (Wildman–Crippen LogP) is 2.42. The Labute approximate surface area is 154 Å². The van der Waals surface area contributed by atoms with Crippen LogP contribution in [-0.2, 0) is 18.3 Å². The van der Waals surface area contributed by atoms with Gasteiger partial charge in [-0.2, -0.15) is 0 Å². The molecule has 0 saturated carbocycles. The number of nitrogens with zero attached hydrogens (tertiary/aromatic N) is 4.